The van der Waals surface area contributed by atoms with Crippen LogP contribution in [-0.4, -0.2) is 0 Å². The molecule has 0 spiro atoms. The van der Waals surface area contributed by atoms with E-state index >= 15 is 0 Å². The fraction of sp³-hybridized carbons (Fsp3) is 0.176. The van der Waals surface area contributed by atoms with Crippen LogP contribution in [0, 0.1) is 22.7 Å². The molecule has 0 aliphatic heterocycles. The molecule has 0 aromatic heterocycles. The van der Waals surface area contributed by atoms with Gasteiger partial charge in [-0.2, -0.15) is 10.5 Å². The lowest BCUT2D eigenvalue weighted by molar-refractivity contribution is 1.26. The van der Waals surface area contributed by atoms with E-state index in [1.807, 2.05) is 68.4 Å². The van der Waals surface area contributed by atoms with Gasteiger partial charge < -0.3 is 0 Å². The van der Waals surface area contributed by atoms with Gasteiger partial charge in [-0.15, -0.1) is 0 Å². The van der Waals surface area contributed by atoms with E-state index in [1.54, 1.807) is 12.1 Å². The molecule has 0 unspecified atom stereocenters. The standard InChI is InChI=1S/C8H7N.C7H5N.C2H6/c9-7-6-8-4-2-1-3-5-8;8-6-7-4-2-1-3-5-7;1-2/h1-5H,6H2;1-5H;1-2H3. The second kappa shape index (κ2) is 11.9. The zero-order chi connectivity index (χ0) is 14.3. The van der Waals surface area contributed by atoms with E-state index in [1.165, 1.54) is 0 Å². The molecule has 2 heteroatoms. The van der Waals surface area contributed by atoms with E-state index < -0.39 is 0 Å². The summed E-state index contributed by atoms with van der Waals surface area (Å²) in [6, 6.07) is 23.0. The molecule has 0 radical (unpaired) electrons. The maximum Gasteiger partial charge on any atom is 0.0991 e. The summed E-state index contributed by atoms with van der Waals surface area (Å²) < 4.78 is 0. The zero-order valence-corrected chi connectivity index (χ0v) is 11.4. The molecule has 0 amide bonds. The van der Waals surface area contributed by atoms with Crippen LogP contribution in [0.5, 0.6) is 0 Å². The van der Waals surface area contributed by atoms with Crippen molar-refractivity contribution in [1.82, 2.24) is 0 Å². The number of benzene rings is 2. The van der Waals surface area contributed by atoms with Gasteiger partial charge in [0.2, 0.25) is 0 Å². The van der Waals surface area contributed by atoms with E-state index in [-0.39, 0.29) is 0 Å². The van der Waals surface area contributed by atoms with Crippen molar-refractivity contribution in [2.75, 3.05) is 0 Å². The van der Waals surface area contributed by atoms with Gasteiger partial charge in [0.25, 0.3) is 0 Å². The molecular formula is C17H18N2. The van der Waals surface area contributed by atoms with E-state index in [0.29, 0.717) is 12.0 Å². The molecule has 96 valence electrons. The van der Waals surface area contributed by atoms with Crippen LogP contribution < -0.4 is 0 Å². The normalized spacial score (nSPS) is 7.58. The molecule has 2 rings (SSSR count). The summed E-state index contributed by atoms with van der Waals surface area (Å²) in [6.45, 7) is 4.00. The minimum atomic E-state index is 0.515. The molecule has 2 aromatic carbocycles. The van der Waals surface area contributed by atoms with Crippen molar-refractivity contribution in [1.29, 1.82) is 10.5 Å². The minimum absolute atomic E-state index is 0.515. The Hall–Kier alpha value is -2.58. The predicted octanol–water partition coefficient (Wildman–Crippen LogP) is 4.34. The van der Waals surface area contributed by atoms with Crippen LogP contribution in [-0.2, 0) is 6.42 Å². The van der Waals surface area contributed by atoms with Gasteiger partial charge in [0.05, 0.1) is 24.1 Å². The monoisotopic (exact) mass is 250 g/mol. The number of rotatable bonds is 1. The van der Waals surface area contributed by atoms with Gasteiger partial charge in [0.15, 0.2) is 0 Å². The van der Waals surface area contributed by atoms with E-state index in [9.17, 15) is 0 Å². The Morgan fingerprint density at radius 1 is 0.789 bits per heavy atom. The van der Waals surface area contributed by atoms with Crippen LogP contribution in [0.4, 0.5) is 0 Å². The maximum atomic E-state index is 8.29. The van der Waals surface area contributed by atoms with Crippen molar-refractivity contribution in [3.8, 4) is 12.1 Å². The Balaban J connectivity index is 0.000000303. The number of hydrogen-bond acceptors (Lipinski definition) is 2. The second-order valence-corrected chi connectivity index (χ2v) is 3.30. The molecule has 0 aliphatic carbocycles. The first-order valence-electron chi connectivity index (χ1n) is 6.23. The highest BCUT2D eigenvalue weighted by molar-refractivity contribution is 5.27. The molecule has 0 saturated heterocycles. The highest BCUT2D eigenvalue weighted by atomic mass is 14.2. The topological polar surface area (TPSA) is 47.6 Å². The number of nitrogens with zero attached hydrogens (tertiary/aromatic N) is 2. The molecule has 0 saturated carbocycles. The van der Waals surface area contributed by atoms with Crippen molar-refractivity contribution in [3.05, 3.63) is 71.8 Å². The summed E-state index contributed by atoms with van der Waals surface area (Å²) >= 11 is 0. The van der Waals surface area contributed by atoms with E-state index in [0.717, 1.165) is 5.56 Å². The molecule has 0 atom stereocenters. The van der Waals surface area contributed by atoms with Crippen LogP contribution in [0.3, 0.4) is 0 Å². The fourth-order valence-electron chi connectivity index (χ4n) is 1.20. The third-order valence-corrected chi connectivity index (χ3v) is 2.03. The Bertz CT molecular complexity index is 504. The SMILES string of the molecule is CC.N#CCc1ccccc1.N#Cc1ccccc1. The summed E-state index contributed by atoms with van der Waals surface area (Å²) in [5.41, 5.74) is 1.80. The lowest BCUT2D eigenvalue weighted by atomic mass is 10.2. The third-order valence-electron chi connectivity index (χ3n) is 2.03. The molecule has 19 heavy (non-hydrogen) atoms. The van der Waals surface area contributed by atoms with Crippen molar-refractivity contribution >= 4 is 0 Å². The second-order valence-electron chi connectivity index (χ2n) is 3.30. The van der Waals surface area contributed by atoms with Gasteiger partial charge in [-0.1, -0.05) is 62.4 Å². The maximum absolute atomic E-state index is 8.29. The molecule has 0 heterocycles. The van der Waals surface area contributed by atoms with Gasteiger partial charge in [-0.3, -0.25) is 0 Å². The molecule has 0 aliphatic rings. The molecule has 2 nitrogen and oxygen atoms in total. The first-order chi connectivity index (χ1) is 9.36. The van der Waals surface area contributed by atoms with E-state index in [2.05, 4.69) is 6.07 Å². The Morgan fingerprint density at radius 2 is 1.26 bits per heavy atom. The summed E-state index contributed by atoms with van der Waals surface area (Å²) in [5.74, 6) is 0. The quantitative estimate of drug-likeness (QED) is 0.756. The lowest BCUT2D eigenvalue weighted by Gasteiger charge is -1.88. The van der Waals surface area contributed by atoms with Crippen LogP contribution >= 0.6 is 0 Å². The fourth-order valence-corrected chi connectivity index (χ4v) is 1.20. The highest BCUT2D eigenvalue weighted by Gasteiger charge is 1.84. The number of hydrogen-bond donors (Lipinski definition) is 0. The van der Waals surface area contributed by atoms with Gasteiger partial charge in [-0.25, -0.2) is 0 Å². The summed E-state index contributed by atoms with van der Waals surface area (Å²) in [6.07, 6.45) is 0.515. The first-order valence-corrected chi connectivity index (χ1v) is 6.23. The molecular weight excluding hydrogens is 232 g/mol. The Labute approximate surface area is 115 Å². The van der Waals surface area contributed by atoms with Gasteiger partial charge in [0, 0.05) is 0 Å². The molecule has 0 fully saturated rings. The summed E-state index contributed by atoms with van der Waals surface area (Å²) in [7, 11) is 0. The Morgan fingerprint density at radius 3 is 1.63 bits per heavy atom. The molecule has 2 aromatic rings. The predicted molar refractivity (Wildman–Crippen MR) is 78.3 cm³/mol. The molecule has 0 N–H and O–H groups in total. The number of nitriles is 2. The van der Waals surface area contributed by atoms with Gasteiger partial charge in [0.1, 0.15) is 0 Å². The smallest absolute Gasteiger partial charge is 0.0991 e. The highest BCUT2D eigenvalue weighted by Crippen LogP contribution is 1.97. The first kappa shape index (κ1) is 16.4. The Kier molecular flexibility index (Phi) is 10.3. The van der Waals surface area contributed by atoms with Crippen LogP contribution in [0.25, 0.3) is 0 Å². The van der Waals surface area contributed by atoms with Crippen molar-refractivity contribution in [3.63, 3.8) is 0 Å². The average Bonchev–Trinajstić information content (AvgIpc) is 2.52. The van der Waals surface area contributed by atoms with Gasteiger partial charge in [-0.05, 0) is 17.7 Å². The van der Waals surface area contributed by atoms with Crippen LogP contribution in [0.1, 0.15) is 25.0 Å². The van der Waals surface area contributed by atoms with Gasteiger partial charge >= 0.3 is 0 Å². The van der Waals surface area contributed by atoms with E-state index in [4.69, 9.17) is 10.5 Å². The average molecular weight is 250 g/mol. The molecule has 0 bridgehead atoms. The van der Waals surface area contributed by atoms with Crippen molar-refractivity contribution in [2.45, 2.75) is 20.3 Å². The van der Waals surface area contributed by atoms with Crippen molar-refractivity contribution < 1.29 is 0 Å². The minimum Gasteiger partial charge on any atom is -0.198 e. The summed E-state index contributed by atoms with van der Waals surface area (Å²) in [4.78, 5) is 0. The zero-order valence-electron chi connectivity index (χ0n) is 11.4. The van der Waals surface area contributed by atoms with Crippen LogP contribution in [0.2, 0.25) is 0 Å². The van der Waals surface area contributed by atoms with Crippen LogP contribution in [0.15, 0.2) is 60.7 Å². The third kappa shape index (κ3) is 8.18. The van der Waals surface area contributed by atoms with Crippen molar-refractivity contribution in [2.24, 2.45) is 0 Å². The lowest BCUT2D eigenvalue weighted by Crippen LogP contribution is -1.76. The summed E-state index contributed by atoms with van der Waals surface area (Å²) in [5, 5.41) is 16.6. The largest absolute Gasteiger partial charge is 0.198 e.